The second kappa shape index (κ2) is 6.71. The summed E-state index contributed by atoms with van der Waals surface area (Å²) in [6, 6.07) is 15.5. The minimum Gasteiger partial charge on any atom is -0.266 e. The topological polar surface area (TPSA) is 61.2 Å². The lowest BCUT2D eigenvalue weighted by atomic mass is 9.81. The highest BCUT2D eigenvalue weighted by atomic mass is 32.2. The van der Waals surface area contributed by atoms with Crippen LogP contribution in [0.15, 0.2) is 53.4 Å². The number of para-hydroxylation sites is 1. The SMILES string of the molecule is Cc1ccc(S(=O)(=O)OC[C@H]2C[C@H](n3nc(C4CC4)c4ccccc43)C2)cc1. The molecule has 3 aromatic rings. The molecule has 2 aromatic carbocycles. The Labute approximate surface area is 165 Å². The maximum Gasteiger partial charge on any atom is 0.296 e. The molecule has 0 radical (unpaired) electrons. The van der Waals surface area contributed by atoms with E-state index in [1.807, 2.05) is 6.92 Å². The molecule has 1 heterocycles. The molecule has 2 saturated carbocycles. The Kier molecular flexibility index (Phi) is 4.29. The van der Waals surface area contributed by atoms with Crippen LogP contribution in [0.1, 0.15) is 48.9 Å². The first-order chi connectivity index (χ1) is 13.5. The van der Waals surface area contributed by atoms with Gasteiger partial charge in [-0.25, -0.2) is 0 Å². The molecule has 0 amide bonds. The van der Waals surface area contributed by atoms with Crippen LogP contribution in [0.2, 0.25) is 0 Å². The van der Waals surface area contributed by atoms with Gasteiger partial charge >= 0.3 is 0 Å². The van der Waals surface area contributed by atoms with Crippen molar-refractivity contribution in [2.24, 2.45) is 5.92 Å². The molecule has 0 N–H and O–H groups in total. The maximum atomic E-state index is 12.4. The van der Waals surface area contributed by atoms with Gasteiger partial charge in [0, 0.05) is 11.3 Å². The second-order valence-electron chi connectivity index (χ2n) is 8.16. The zero-order valence-corrected chi connectivity index (χ0v) is 16.7. The summed E-state index contributed by atoms with van der Waals surface area (Å²) in [5.74, 6) is 0.863. The number of aryl methyl sites for hydroxylation is 1. The summed E-state index contributed by atoms with van der Waals surface area (Å²) in [7, 11) is -3.69. The van der Waals surface area contributed by atoms with Gasteiger partial charge in [-0.3, -0.25) is 8.86 Å². The van der Waals surface area contributed by atoms with Gasteiger partial charge in [-0.1, -0.05) is 35.9 Å². The smallest absolute Gasteiger partial charge is 0.266 e. The van der Waals surface area contributed by atoms with Crippen LogP contribution in [0.5, 0.6) is 0 Å². The van der Waals surface area contributed by atoms with Crippen LogP contribution in [0, 0.1) is 12.8 Å². The van der Waals surface area contributed by atoms with E-state index in [1.165, 1.54) is 29.4 Å². The standard InChI is InChI=1S/C22H24N2O3S/c1-15-6-10-19(11-7-15)28(25,26)27-14-16-12-18(13-16)24-21-5-3-2-4-20(21)22(23-24)17-8-9-17/h2-7,10-11,16-18H,8-9,12-14H2,1H3/t16-,18-. The fraction of sp³-hybridized carbons (Fsp3) is 0.409. The number of hydrogen-bond donors (Lipinski definition) is 0. The van der Waals surface area contributed by atoms with Crippen LogP contribution in [0.4, 0.5) is 0 Å². The Morgan fingerprint density at radius 3 is 2.50 bits per heavy atom. The summed E-state index contributed by atoms with van der Waals surface area (Å²) < 4.78 is 32.2. The molecule has 5 nitrogen and oxygen atoms in total. The minimum absolute atomic E-state index is 0.223. The summed E-state index contributed by atoms with van der Waals surface area (Å²) in [5, 5.41) is 6.20. The molecule has 2 aliphatic rings. The van der Waals surface area contributed by atoms with Crippen molar-refractivity contribution < 1.29 is 12.6 Å². The van der Waals surface area contributed by atoms with E-state index in [-0.39, 0.29) is 17.4 Å². The van der Waals surface area contributed by atoms with E-state index in [2.05, 4.69) is 28.9 Å². The average molecular weight is 397 g/mol. The Balaban J connectivity index is 1.25. The molecule has 0 aliphatic heterocycles. The first-order valence-corrected chi connectivity index (χ1v) is 11.4. The summed E-state index contributed by atoms with van der Waals surface area (Å²) in [5.41, 5.74) is 3.45. The van der Waals surface area contributed by atoms with Gasteiger partial charge in [0.1, 0.15) is 0 Å². The highest BCUT2D eigenvalue weighted by molar-refractivity contribution is 7.86. The Morgan fingerprint density at radius 2 is 1.79 bits per heavy atom. The Morgan fingerprint density at radius 1 is 1.07 bits per heavy atom. The molecule has 6 heteroatoms. The molecule has 0 saturated heterocycles. The van der Waals surface area contributed by atoms with Crippen molar-refractivity contribution >= 4 is 21.0 Å². The van der Waals surface area contributed by atoms with E-state index in [0.717, 1.165) is 18.4 Å². The van der Waals surface area contributed by atoms with Crippen LogP contribution in [-0.2, 0) is 14.3 Å². The molecular formula is C22H24N2O3S. The maximum absolute atomic E-state index is 12.4. The molecule has 146 valence electrons. The van der Waals surface area contributed by atoms with Crippen LogP contribution in [-0.4, -0.2) is 24.8 Å². The third kappa shape index (κ3) is 3.25. The van der Waals surface area contributed by atoms with Gasteiger partial charge in [-0.2, -0.15) is 13.5 Å². The monoisotopic (exact) mass is 396 g/mol. The van der Waals surface area contributed by atoms with E-state index in [1.54, 1.807) is 24.3 Å². The third-order valence-electron chi connectivity index (χ3n) is 5.93. The lowest BCUT2D eigenvalue weighted by molar-refractivity contribution is 0.123. The zero-order chi connectivity index (χ0) is 19.3. The van der Waals surface area contributed by atoms with Crippen LogP contribution in [0.25, 0.3) is 10.9 Å². The first-order valence-electron chi connectivity index (χ1n) is 9.94. The molecular weight excluding hydrogens is 372 g/mol. The van der Waals surface area contributed by atoms with Gasteiger partial charge in [0.25, 0.3) is 10.1 Å². The van der Waals surface area contributed by atoms with Gasteiger partial charge < -0.3 is 0 Å². The van der Waals surface area contributed by atoms with Crippen LogP contribution >= 0.6 is 0 Å². The van der Waals surface area contributed by atoms with Crippen molar-refractivity contribution in [1.82, 2.24) is 9.78 Å². The van der Waals surface area contributed by atoms with Crippen molar-refractivity contribution in [2.75, 3.05) is 6.61 Å². The van der Waals surface area contributed by atoms with Crippen molar-refractivity contribution in [3.05, 3.63) is 59.8 Å². The number of rotatable bonds is 6. The van der Waals surface area contributed by atoms with E-state index >= 15 is 0 Å². The van der Waals surface area contributed by atoms with Crippen LogP contribution < -0.4 is 0 Å². The molecule has 2 fully saturated rings. The van der Waals surface area contributed by atoms with Crippen molar-refractivity contribution in [2.45, 2.75) is 49.5 Å². The number of aromatic nitrogens is 2. The van der Waals surface area contributed by atoms with Gasteiger partial charge in [0.05, 0.1) is 28.8 Å². The number of hydrogen-bond acceptors (Lipinski definition) is 4. The second-order valence-corrected chi connectivity index (χ2v) is 9.78. The van der Waals surface area contributed by atoms with E-state index in [4.69, 9.17) is 9.28 Å². The quantitative estimate of drug-likeness (QED) is 0.572. The predicted molar refractivity (Wildman–Crippen MR) is 108 cm³/mol. The number of fused-ring (bicyclic) bond motifs is 1. The zero-order valence-electron chi connectivity index (χ0n) is 15.9. The largest absolute Gasteiger partial charge is 0.296 e. The predicted octanol–water partition coefficient (Wildman–Crippen LogP) is 4.58. The number of benzene rings is 2. The molecule has 0 atom stereocenters. The van der Waals surface area contributed by atoms with E-state index < -0.39 is 10.1 Å². The summed E-state index contributed by atoms with van der Waals surface area (Å²) in [6.45, 7) is 2.17. The van der Waals surface area contributed by atoms with Gasteiger partial charge in [0.2, 0.25) is 0 Å². The highest BCUT2D eigenvalue weighted by Gasteiger charge is 2.36. The summed E-state index contributed by atoms with van der Waals surface area (Å²) in [4.78, 5) is 0.223. The van der Waals surface area contributed by atoms with Gasteiger partial charge in [0.15, 0.2) is 0 Å². The molecule has 5 rings (SSSR count). The summed E-state index contributed by atoms with van der Waals surface area (Å²) in [6.07, 6.45) is 4.27. The van der Waals surface area contributed by atoms with Crippen LogP contribution in [0.3, 0.4) is 0 Å². The fourth-order valence-electron chi connectivity index (χ4n) is 4.05. The lowest BCUT2D eigenvalue weighted by Gasteiger charge is -2.35. The molecule has 0 spiro atoms. The fourth-order valence-corrected chi connectivity index (χ4v) is 5.02. The van der Waals surface area contributed by atoms with Crippen molar-refractivity contribution in [1.29, 1.82) is 0 Å². The summed E-state index contributed by atoms with van der Waals surface area (Å²) >= 11 is 0. The van der Waals surface area contributed by atoms with E-state index in [9.17, 15) is 8.42 Å². The minimum atomic E-state index is -3.69. The van der Waals surface area contributed by atoms with Crippen molar-refractivity contribution in [3.63, 3.8) is 0 Å². The molecule has 0 bridgehead atoms. The van der Waals surface area contributed by atoms with Gasteiger partial charge in [-0.15, -0.1) is 0 Å². The van der Waals surface area contributed by atoms with Crippen molar-refractivity contribution in [3.8, 4) is 0 Å². The van der Waals surface area contributed by atoms with E-state index in [0.29, 0.717) is 12.0 Å². The molecule has 28 heavy (non-hydrogen) atoms. The van der Waals surface area contributed by atoms with Gasteiger partial charge in [-0.05, 0) is 56.7 Å². The molecule has 0 unspecified atom stereocenters. The lowest BCUT2D eigenvalue weighted by Crippen LogP contribution is -2.31. The normalized spacial score (nSPS) is 22.3. The highest BCUT2D eigenvalue weighted by Crippen LogP contribution is 2.45. The average Bonchev–Trinajstić information content (AvgIpc) is 3.43. The Hall–Kier alpha value is -2.18. The molecule has 2 aliphatic carbocycles. The molecule has 1 aromatic heterocycles. The first kappa shape index (κ1) is 17.9. The Bertz CT molecular complexity index is 1110. The third-order valence-corrected chi connectivity index (χ3v) is 7.23. The number of nitrogens with zero attached hydrogens (tertiary/aromatic N) is 2.